The monoisotopic (exact) mass is 1210 g/mol. The summed E-state index contributed by atoms with van der Waals surface area (Å²) >= 11 is 12.9. The van der Waals surface area contributed by atoms with Crippen LogP contribution < -0.4 is 45.5 Å². The molecule has 0 aliphatic carbocycles. The van der Waals surface area contributed by atoms with Crippen LogP contribution in [0.15, 0.2) is 82.8 Å². The number of hydrogen-bond donors (Lipinski definition) is 5. The molecule has 444 valence electrons. The summed E-state index contributed by atoms with van der Waals surface area (Å²) in [5.41, 5.74) is 5.95. The number of aryl methyl sites for hydroxylation is 2. The van der Waals surface area contributed by atoms with E-state index in [1.165, 1.54) is 18.0 Å². The van der Waals surface area contributed by atoms with E-state index in [0.717, 1.165) is 61.2 Å². The maximum Gasteiger partial charge on any atom is 0.410 e. The first-order valence-corrected chi connectivity index (χ1v) is 31.7. The maximum absolute atomic E-state index is 13.0. The minimum Gasteiger partial charge on any atom is -0.486 e. The third kappa shape index (κ3) is 13.9. The number of nitrogens with one attached hydrogen (secondary N) is 5. The molecule has 4 aliphatic rings. The van der Waals surface area contributed by atoms with Gasteiger partial charge in [-0.15, -0.1) is 0 Å². The molecule has 24 heteroatoms. The van der Waals surface area contributed by atoms with Gasteiger partial charge in [0.1, 0.15) is 42.1 Å². The number of nitrogens with zero attached hydrogens (tertiary/aromatic N) is 5. The number of hydrogen-bond acceptors (Lipinski definition) is 19. The van der Waals surface area contributed by atoms with Crippen molar-refractivity contribution in [3.05, 3.63) is 105 Å². The molecule has 6 heterocycles. The molecule has 6 aromatic rings. The predicted octanol–water partition coefficient (Wildman–Crippen LogP) is 12.3. The van der Waals surface area contributed by atoms with Crippen molar-refractivity contribution in [1.29, 1.82) is 0 Å². The quantitative estimate of drug-likeness (QED) is 0.0680. The van der Waals surface area contributed by atoms with Gasteiger partial charge < -0.3 is 55.2 Å². The Morgan fingerprint density at radius 3 is 1.42 bits per heavy atom. The fraction of sp³-hybridized carbons (Fsp3) is 0.441. The molecule has 5 N–H and O–H groups in total. The van der Waals surface area contributed by atoms with Crippen LogP contribution in [0, 0.1) is 13.8 Å². The Balaban J connectivity index is 0.000000202. The maximum atomic E-state index is 13.0. The topological polar surface area (TPSA) is 246 Å². The van der Waals surface area contributed by atoms with Crippen molar-refractivity contribution >= 4 is 95.3 Å². The van der Waals surface area contributed by atoms with E-state index in [2.05, 4.69) is 53.4 Å². The Morgan fingerprint density at radius 1 is 0.614 bits per heavy atom. The minimum atomic E-state index is -3.56. The van der Waals surface area contributed by atoms with E-state index in [1.54, 1.807) is 81.1 Å². The molecular weight excluding hydrogens is 1140 g/mol. The van der Waals surface area contributed by atoms with Crippen molar-refractivity contribution in [1.82, 2.24) is 30.2 Å². The summed E-state index contributed by atoms with van der Waals surface area (Å²) in [6, 6.07) is 17.4. The van der Waals surface area contributed by atoms with Crippen LogP contribution >= 0.6 is 23.2 Å². The number of anilines is 8. The number of benzene rings is 4. The average molecular weight is 1220 g/mol. The second kappa shape index (κ2) is 25.6. The molecule has 0 unspecified atom stereocenters. The van der Waals surface area contributed by atoms with E-state index >= 15 is 0 Å². The summed E-state index contributed by atoms with van der Waals surface area (Å²) in [4.78, 5) is 32.5. The number of carbonyl (C=O) groups excluding carboxylic acids is 1. The van der Waals surface area contributed by atoms with E-state index in [1.807, 2.05) is 39.8 Å². The molecule has 2 fully saturated rings. The standard InChI is InChI=1S/C32H40ClN5O6S.C27H32ClN5O4S/c1-19(2)45(40,41)25-10-8-7-9-23(25)35-29-22(33)18-34-30(37-29)36-24-17-20(3)26(28-27(24)42-15-16-43-28)21-11-13-38(14-12-21)31(39)44-32(4,5)6;1-16(2)38(34,35)22-7-5-4-6-20(22)31-26-19(28)15-30-27(33-26)32-21-14-17(3)23(18-8-10-29-11-9-18)25-24(21)36-12-13-37-25/h7-10,17-19,21H,11-16H2,1-6H3,(H2,34,35,36,37);4-7,14-16,18,29H,8-13H2,1-3H3,(H2,30,31,32,33). The van der Waals surface area contributed by atoms with Crippen LogP contribution in [-0.4, -0.2) is 116 Å². The van der Waals surface area contributed by atoms with Crippen LogP contribution in [-0.2, 0) is 24.4 Å². The number of carbonyl (C=O) groups is 1. The SMILES string of the molecule is Cc1cc(Nc2ncc(Cl)c(Nc3ccccc3S(=O)(=O)C(C)C)n2)c2c(c1C1CCN(C(=O)OC(C)(C)C)CC1)OCCO2.Cc1cc(Nc2ncc(Cl)c(Nc3ccccc3S(=O)(=O)C(C)C)n2)c2c(c1C1CCNCC1)OCCO2. The molecule has 4 aliphatic heterocycles. The Bertz CT molecular complexity index is 3590. The summed E-state index contributed by atoms with van der Waals surface area (Å²) in [5.74, 6) is 4.32. The van der Waals surface area contributed by atoms with Gasteiger partial charge in [0.25, 0.3) is 0 Å². The molecule has 1 amide bonds. The van der Waals surface area contributed by atoms with Crippen LogP contribution in [0.1, 0.15) is 108 Å². The molecule has 0 radical (unpaired) electrons. The highest BCUT2D eigenvalue weighted by Gasteiger charge is 2.34. The number of para-hydroxylation sites is 2. The molecule has 0 saturated carbocycles. The number of likely N-dealkylation sites (tertiary alicyclic amines) is 1. The Kier molecular flexibility index (Phi) is 18.7. The summed E-state index contributed by atoms with van der Waals surface area (Å²) in [7, 11) is -7.09. The number of amides is 1. The van der Waals surface area contributed by atoms with Gasteiger partial charge in [0.05, 0.1) is 55.4 Å². The van der Waals surface area contributed by atoms with Gasteiger partial charge >= 0.3 is 6.09 Å². The molecule has 20 nitrogen and oxygen atoms in total. The first-order valence-electron chi connectivity index (χ1n) is 27.8. The van der Waals surface area contributed by atoms with Crippen LogP contribution in [0.5, 0.6) is 23.0 Å². The number of piperidine rings is 2. The zero-order chi connectivity index (χ0) is 59.4. The lowest BCUT2D eigenvalue weighted by Crippen LogP contribution is -2.41. The van der Waals surface area contributed by atoms with Crippen LogP contribution in [0.25, 0.3) is 0 Å². The Morgan fingerprint density at radius 2 is 1.01 bits per heavy atom. The normalized spacial score (nSPS) is 15.7. The van der Waals surface area contributed by atoms with E-state index in [-0.39, 0.29) is 55.4 Å². The van der Waals surface area contributed by atoms with Crippen LogP contribution in [0.4, 0.5) is 51.1 Å². The fourth-order valence-corrected chi connectivity index (χ4v) is 13.1. The molecular formula is C59H72Cl2N10O10S2. The molecule has 10 rings (SSSR count). The van der Waals surface area contributed by atoms with Gasteiger partial charge in [-0.25, -0.2) is 31.6 Å². The number of aromatic nitrogens is 4. The first-order chi connectivity index (χ1) is 39.5. The number of sulfone groups is 2. The molecule has 0 atom stereocenters. The molecule has 83 heavy (non-hydrogen) atoms. The van der Waals surface area contributed by atoms with Crippen LogP contribution in [0.3, 0.4) is 0 Å². The Labute approximate surface area is 496 Å². The van der Waals surface area contributed by atoms with Crippen molar-refractivity contribution < 1.29 is 45.3 Å². The third-order valence-electron chi connectivity index (χ3n) is 14.5. The molecule has 0 bridgehead atoms. The summed E-state index contributed by atoms with van der Waals surface area (Å²) < 4.78 is 81.8. The molecule has 2 saturated heterocycles. The van der Waals surface area contributed by atoms with Crippen molar-refractivity contribution in [3.63, 3.8) is 0 Å². The fourth-order valence-electron chi connectivity index (χ4n) is 10.4. The summed E-state index contributed by atoms with van der Waals surface area (Å²) in [6.45, 7) is 21.2. The summed E-state index contributed by atoms with van der Waals surface area (Å²) in [6.07, 6.45) is 6.26. The average Bonchev–Trinajstić information content (AvgIpc) is 3.66. The highest BCUT2D eigenvalue weighted by molar-refractivity contribution is 7.92. The lowest BCUT2D eigenvalue weighted by atomic mass is 9.85. The molecule has 0 spiro atoms. The van der Waals surface area contributed by atoms with Gasteiger partial charge in [-0.2, -0.15) is 9.97 Å². The number of fused-ring (bicyclic) bond motifs is 2. The van der Waals surface area contributed by atoms with Gasteiger partial charge in [0, 0.05) is 24.2 Å². The van der Waals surface area contributed by atoms with Crippen molar-refractivity contribution in [2.75, 3.05) is 73.9 Å². The van der Waals surface area contributed by atoms with Crippen molar-refractivity contribution in [3.8, 4) is 23.0 Å². The van der Waals surface area contributed by atoms with Gasteiger partial charge in [0.2, 0.25) is 11.9 Å². The molecule has 2 aromatic heterocycles. The predicted molar refractivity (Wildman–Crippen MR) is 324 cm³/mol. The molecule has 4 aromatic carbocycles. The Hall–Kier alpha value is -6.85. The lowest BCUT2D eigenvalue weighted by molar-refractivity contribution is 0.0204. The zero-order valence-electron chi connectivity index (χ0n) is 48.1. The number of halogens is 2. The van der Waals surface area contributed by atoms with Crippen molar-refractivity contribution in [2.24, 2.45) is 0 Å². The second-order valence-electron chi connectivity index (χ2n) is 22.2. The van der Waals surface area contributed by atoms with Gasteiger partial charge in [-0.05, 0) is 160 Å². The zero-order valence-corrected chi connectivity index (χ0v) is 51.3. The lowest BCUT2D eigenvalue weighted by Gasteiger charge is -2.35. The van der Waals surface area contributed by atoms with E-state index in [9.17, 15) is 21.6 Å². The third-order valence-corrected chi connectivity index (χ3v) is 19.5. The highest BCUT2D eigenvalue weighted by atomic mass is 35.5. The van der Waals surface area contributed by atoms with Gasteiger partial charge in [-0.1, -0.05) is 47.5 Å². The van der Waals surface area contributed by atoms with Gasteiger partial charge in [-0.3, -0.25) is 0 Å². The van der Waals surface area contributed by atoms with E-state index < -0.39 is 35.8 Å². The van der Waals surface area contributed by atoms with Crippen molar-refractivity contribution in [2.45, 2.75) is 126 Å². The second-order valence-corrected chi connectivity index (χ2v) is 28.0. The first kappa shape index (κ1) is 60.7. The highest BCUT2D eigenvalue weighted by Crippen LogP contribution is 2.50. The largest absolute Gasteiger partial charge is 0.486 e. The smallest absolute Gasteiger partial charge is 0.410 e. The minimum absolute atomic E-state index is 0.159. The van der Waals surface area contributed by atoms with E-state index in [4.69, 9.17) is 46.9 Å². The van der Waals surface area contributed by atoms with Gasteiger partial charge in [0.15, 0.2) is 54.3 Å². The number of rotatable bonds is 14. The summed E-state index contributed by atoms with van der Waals surface area (Å²) in [5, 5.41) is 15.4. The number of ether oxygens (including phenoxy) is 5. The van der Waals surface area contributed by atoms with Crippen LogP contribution in [0.2, 0.25) is 10.0 Å². The van der Waals surface area contributed by atoms with E-state index in [0.29, 0.717) is 85.4 Å².